The number of sulfonamides is 1. The van der Waals surface area contributed by atoms with Gasteiger partial charge in [-0.05, 0) is 46.5 Å². The van der Waals surface area contributed by atoms with E-state index in [4.69, 9.17) is 11.6 Å². The van der Waals surface area contributed by atoms with Gasteiger partial charge in [-0.25, -0.2) is 8.42 Å². The van der Waals surface area contributed by atoms with Crippen molar-refractivity contribution in [2.45, 2.75) is 42.5 Å². The third-order valence-corrected chi connectivity index (χ3v) is 6.84. The van der Waals surface area contributed by atoms with E-state index in [0.29, 0.717) is 15.2 Å². The smallest absolute Gasteiger partial charge is 0.207 e. The lowest BCUT2D eigenvalue weighted by Crippen LogP contribution is -2.35. The van der Waals surface area contributed by atoms with Gasteiger partial charge in [0.1, 0.15) is 0 Å². The van der Waals surface area contributed by atoms with Gasteiger partial charge in [0, 0.05) is 23.4 Å². The molecule has 106 valence electrons. The molecule has 1 aliphatic carbocycles. The molecule has 0 aliphatic heterocycles. The number of benzene rings is 1. The monoisotopic (exact) mass is 365 g/mol. The Balaban J connectivity index is 2.33. The van der Waals surface area contributed by atoms with Crippen LogP contribution in [0, 0.1) is 0 Å². The van der Waals surface area contributed by atoms with Gasteiger partial charge in [0.15, 0.2) is 0 Å². The van der Waals surface area contributed by atoms with E-state index < -0.39 is 10.0 Å². The van der Waals surface area contributed by atoms with Crippen molar-refractivity contribution in [2.24, 2.45) is 0 Å². The van der Waals surface area contributed by atoms with Gasteiger partial charge in [0.2, 0.25) is 10.0 Å². The van der Waals surface area contributed by atoms with Gasteiger partial charge >= 0.3 is 0 Å². The van der Waals surface area contributed by atoms with E-state index in [2.05, 4.69) is 15.9 Å². The number of halogens is 2. The molecular formula is C13H17BrClNO2S. The minimum Gasteiger partial charge on any atom is -0.207 e. The van der Waals surface area contributed by atoms with Crippen molar-refractivity contribution in [1.29, 1.82) is 0 Å². The molecule has 19 heavy (non-hydrogen) atoms. The molecule has 0 spiro atoms. The highest BCUT2D eigenvalue weighted by Crippen LogP contribution is 2.31. The summed E-state index contributed by atoms with van der Waals surface area (Å²) < 4.78 is 27.3. The zero-order valence-corrected chi connectivity index (χ0v) is 13.9. The van der Waals surface area contributed by atoms with Gasteiger partial charge in [-0.15, -0.1) is 11.6 Å². The van der Waals surface area contributed by atoms with Crippen molar-refractivity contribution in [3.8, 4) is 0 Å². The maximum Gasteiger partial charge on any atom is 0.244 e. The average molecular weight is 367 g/mol. The molecule has 0 aromatic heterocycles. The third kappa shape index (κ3) is 3.15. The lowest BCUT2D eigenvalue weighted by Gasteiger charge is -2.24. The Morgan fingerprint density at radius 2 is 2.00 bits per heavy atom. The van der Waals surface area contributed by atoms with Crippen LogP contribution in [0.2, 0.25) is 0 Å². The molecule has 1 aliphatic rings. The van der Waals surface area contributed by atoms with E-state index in [1.807, 2.05) is 0 Å². The lowest BCUT2D eigenvalue weighted by molar-refractivity contribution is 0.373. The number of hydrogen-bond donors (Lipinski definition) is 0. The van der Waals surface area contributed by atoms with Crippen molar-refractivity contribution in [1.82, 2.24) is 4.31 Å². The zero-order chi connectivity index (χ0) is 14.0. The van der Waals surface area contributed by atoms with E-state index in [1.54, 1.807) is 25.2 Å². The van der Waals surface area contributed by atoms with Crippen molar-refractivity contribution < 1.29 is 8.42 Å². The molecule has 0 bridgehead atoms. The summed E-state index contributed by atoms with van der Waals surface area (Å²) in [6.07, 6.45) is 4.12. The highest BCUT2D eigenvalue weighted by atomic mass is 79.9. The molecule has 0 radical (unpaired) electrons. The molecule has 1 aromatic carbocycles. The highest BCUT2D eigenvalue weighted by molar-refractivity contribution is 9.10. The molecule has 0 amide bonds. The van der Waals surface area contributed by atoms with Crippen LogP contribution in [-0.2, 0) is 15.9 Å². The molecule has 2 rings (SSSR count). The molecule has 0 atom stereocenters. The standard InChI is InChI=1S/C13H17BrClNO2S/c1-16(11-4-2-3-5-11)19(17,18)13-7-6-10(9-15)8-12(13)14/h6-8,11H,2-5,9H2,1H3. The van der Waals surface area contributed by atoms with Crippen molar-refractivity contribution >= 4 is 37.6 Å². The fourth-order valence-corrected chi connectivity index (χ4v) is 5.12. The van der Waals surface area contributed by atoms with Gasteiger partial charge in [-0.2, -0.15) is 4.31 Å². The van der Waals surface area contributed by atoms with Crippen molar-refractivity contribution in [3.63, 3.8) is 0 Å². The molecule has 1 fully saturated rings. The Labute approximate surface area is 128 Å². The van der Waals surface area contributed by atoms with E-state index in [-0.39, 0.29) is 6.04 Å². The fraction of sp³-hybridized carbons (Fsp3) is 0.538. The molecule has 6 heteroatoms. The Morgan fingerprint density at radius 3 is 2.53 bits per heavy atom. The Kier molecular flexibility index (Phi) is 4.93. The van der Waals surface area contributed by atoms with Crippen molar-refractivity contribution in [2.75, 3.05) is 7.05 Å². The summed E-state index contributed by atoms with van der Waals surface area (Å²) in [5.41, 5.74) is 0.899. The molecule has 1 saturated carbocycles. The van der Waals surface area contributed by atoms with Crippen LogP contribution in [0.5, 0.6) is 0 Å². The van der Waals surface area contributed by atoms with Gasteiger partial charge in [0.25, 0.3) is 0 Å². The average Bonchev–Trinajstić information content (AvgIpc) is 2.90. The van der Waals surface area contributed by atoms with E-state index in [1.165, 1.54) is 4.31 Å². The summed E-state index contributed by atoms with van der Waals surface area (Å²) in [5, 5.41) is 0. The zero-order valence-electron chi connectivity index (χ0n) is 10.8. The summed E-state index contributed by atoms with van der Waals surface area (Å²) in [4.78, 5) is 0.316. The predicted octanol–water partition coefficient (Wildman–Crippen LogP) is 3.75. The maximum absolute atomic E-state index is 12.6. The van der Waals surface area contributed by atoms with Crippen LogP contribution in [0.3, 0.4) is 0 Å². The topological polar surface area (TPSA) is 37.4 Å². The van der Waals surface area contributed by atoms with Gasteiger partial charge in [-0.1, -0.05) is 18.9 Å². The highest BCUT2D eigenvalue weighted by Gasteiger charge is 2.31. The van der Waals surface area contributed by atoms with E-state index >= 15 is 0 Å². The summed E-state index contributed by atoms with van der Waals surface area (Å²) in [6, 6.07) is 5.28. The second kappa shape index (κ2) is 6.12. The third-order valence-electron chi connectivity index (χ3n) is 3.65. The molecular weight excluding hydrogens is 350 g/mol. The van der Waals surface area contributed by atoms with E-state index in [0.717, 1.165) is 31.2 Å². The maximum atomic E-state index is 12.6. The first kappa shape index (κ1) is 15.3. The Morgan fingerprint density at radius 1 is 1.37 bits per heavy atom. The Hall–Kier alpha value is -0.100. The van der Waals surface area contributed by atoms with Crippen molar-refractivity contribution in [3.05, 3.63) is 28.2 Å². The molecule has 3 nitrogen and oxygen atoms in total. The quantitative estimate of drug-likeness (QED) is 0.761. The number of nitrogens with zero attached hydrogens (tertiary/aromatic N) is 1. The fourth-order valence-electron chi connectivity index (χ4n) is 2.46. The summed E-state index contributed by atoms with van der Waals surface area (Å²) in [6.45, 7) is 0. The second-order valence-corrected chi connectivity index (χ2v) is 7.95. The predicted molar refractivity (Wildman–Crippen MR) is 80.9 cm³/mol. The second-order valence-electron chi connectivity index (χ2n) is 4.86. The number of alkyl halides is 1. The van der Waals surface area contributed by atoms with Crippen LogP contribution in [0.1, 0.15) is 31.2 Å². The van der Waals surface area contributed by atoms with Gasteiger partial charge < -0.3 is 0 Å². The van der Waals surface area contributed by atoms with Gasteiger partial charge in [-0.3, -0.25) is 0 Å². The SMILES string of the molecule is CN(C1CCCC1)S(=O)(=O)c1ccc(CCl)cc1Br. The normalized spacial score (nSPS) is 17.3. The summed E-state index contributed by atoms with van der Waals surface area (Å²) in [7, 11) is -1.76. The van der Waals surface area contributed by atoms with Gasteiger partial charge in [0.05, 0.1) is 4.90 Å². The van der Waals surface area contributed by atoms with Crippen LogP contribution in [0.15, 0.2) is 27.6 Å². The molecule has 0 N–H and O–H groups in total. The lowest BCUT2D eigenvalue weighted by atomic mass is 10.2. The molecule has 0 saturated heterocycles. The summed E-state index contributed by atoms with van der Waals surface area (Å²) in [5.74, 6) is 0.372. The number of rotatable bonds is 4. The van der Waals surface area contributed by atoms with Crippen LogP contribution < -0.4 is 0 Å². The first-order chi connectivity index (χ1) is 8.96. The van der Waals surface area contributed by atoms with Crippen LogP contribution in [0.4, 0.5) is 0 Å². The first-order valence-electron chi connectivity index (χ1n) is 6.29. The van der Waals surface area contributed by atoms with Crippen LogP contribution in [0.25, 0.3) is 0 Å². The molecule has 1 aromatic rings. The largest absolute Gasteiger partial charge is 0.244 e. The Bertz CT molecular complexity index is 556. The van der Waals surface area contributed by atoms with Crippen LogP contribution >= 0.6 is 27.5 Å². The summed E-state index contributed by atoms with van der Waals surface area (Å²) >= 11 is 9.09. The minimum absolute atomic E-state index is 0.129. The van der Waals surface area contributed by atoms with Crippen LogP contribution in [-0.4, -0.2) is 25.8 Å². The molecule has 0 unspecified atom stereocenters. The molecule has 0 heterocycles. The number of hydrogen-bond acceptors (Lipinski definition) is 2. The minimum atomic E-state index is -3.43. The first-order valence-corrected chi connectivity index (χ1v) is 9.06. The van der Waals surface area contributed by atoms with E-state index in [9.17, 15) is 8.42 Å².